The molecule has 2 heterocycles. The molecule has 0 amide bonds. The number of benzene rings is 1. The van der Waals surface area contributed by atoms with E-state index in [9.17, 15) is 4.39 Å². The van der Waals surface area contributed by atoms with Gasteiger partial charge in [0.25, 0.3) is 0 Å². The van der Waals surface area contributed by atoms with E-state index in [0.717, 1.165) is 15.6 Å². The minimum atomic E-state index is -1.84. The third-order valence-electron chi connectivity index (χ3n) is 3.14. The van der Waals surface area contributed by atoms with Crippen LogP contribution in [0.15, 0.2) is 30.5 Å². The average Bonchev–Trinajstić information content (AvgIpc) is 2.63. The molecule has 0 saturated heterocycles. The fourth-order valence-corrected chi connectivity index (χ4v) is 5.54. The van der Waals surface area contributed by atoms with Gasteiger partial charge in [0.1, 0.15) is 0 Å². The van der Waals surface area contributed by atoms with E-state index in [2.05, 4.69) is 28.3 Å². The maximum absolute atomic E-state index is 13.2. The third kappa shape index (κ3) is 1.95. The molecular weight excluding hydrogens is 306 g/mol. The Balaban J connectivity index is 2.33. The van der Waals surface area contributed by atoms with E-state index in [1.807, 2.05) is 12.3 Å². The number of fused-ring (bicyclic) bond motifs is 3. The van der Waals surface area contributed by atoms with Crippen LogP contribution in [0.5, 0.6) is 0 Å². The zero-order valence-electron chi connectivity index (χ0n) is 10.6. The molecule has 1 aromatic carbocycles. The summed E-state index contributed by atoms with van der Waals surface area (Å²) < 4.78 is 16.8. The van der Waals surface area contributed by atoms with Crippen molar-refractivity contribution < 1.29 is 4.39 Å². The molecule has 92 valence electrons. The first-order valence-corrected chi connectivity index (χ1v) is 14.1. The van der Waals surface area contributed by atoms with Gasteiger partial charge in [0.15, 0.2) is 0 Å². The van der Waals surface area contributed by atoms with Gasteiger partial charge in [0.05, 0.1) is 0 Å². The van der Waals surface area contributed by atoms with E-state index in [1.54, 1.807) is 17.4 Å². The summed E-state index contributed by atoms with van der Waals surface area (Å²) >= 11 is -0.206. The summed E-state index contributed by atoms with van der Waals surface area (Å²) in [6, 6.07) is 7.19. The van der Waals surface area contributed by atoms with Gasteiger partial charge in [0, 0.05) is 0 Å². The van der Waals surface area contributed by atoms with Crippen LogP contribution in [0.4, 0.5) is 4.39 Å². The molecule has 0 N–H and O–H groups in total. The molecule has 0 spiro atoms. The number of rotatable bonds is 1. The summed E-state index contributed by atoms with van der Waals surface area (Å²) in [5, 5.41) is 1.06. The summed E-state index contributed by atoms with van der Waals surface area (Å²) in [6.07, 6.45) is 2.01. The first-order valence-electron chi connectivity index (χ1n) is 5.93. The molecule has 0 atom stereocenters. The molecule has 0 aliphatic carbocycles. The normalized spacial score (nSPS) is 12.4. The van der Waals surface area contributed by atoms with E-state index < -0.39 is 13.3 Å². The van der Waals surface area contributed by atoms with E-state index in [1.165, 1.54) is 15.2 Å². The van der Waals surface area contributed by atoms with Gasteiger partial charge >= 0.3 is 112 Å². The molecule has 1 nitrogen and oxygen atoms in total. The zero-order valence-corrected chi connectivity index (χ0v) is 13.5. The number of hydrogen-bond donors (Lipinski definition) is 0. The van der Waals surface area contributed by atoms with Gasteiger partial charge in [0.2, 0.25) is 0 Å². The molecular formula is C14H14FGeNS. The molecule has 0 fully saturated rings. The van der Waals surface area contributed by atoms with Crippen molar-refractivity contribution in [3.05, 3.63) is 36.3 Å². The summed E-state index contributed by atoms with van der Waals surface area (Å²) in [4.78, 5) is 4.60. The maximum atomic E-state index is 13.2. The molecule has 3 rings (SSSR count). The Bertz CT molecular complexity index is 742. The second-order valence-corrected chi connectivity index (χ2v) is 17.3. The van der Waals surface area contributed by atoms with E-state index in [4.69, 9.17) is 0 Å². The molecule has 0 aliphatic heterocycles. The first-order chi connectivity index (χ1) is 8.45. The fourth-order valence-electron chi connectivity index (χ4n) is 2.03. The van der Waals surface area contributed by atoms with Crippen LogP contribution in [0.1, 0.15) is 0 Å². The van der Waals surface area contributed by atoms with Crippen LogP contribution in [-0.2, 0) is 0 Å². The van der Waals surface area contributed by atoms with Crippen molar-refractivity contribution in [3.63, 3.8) is 0 Å². The van der Waals surface area contributed by atoms with E-state index in [-0.39, 0.29) is 5.82 Å². The van der Waals surface area contributed by atoms with Gasteiger partial charge in [-0.3, -0.25) is 0 Å². The number of thiophene rings is 1. The number of halogens is 1. The van der Waals surface area contributed by atoms with Gasteiger partial charge < -0.3 is 0 Å². The first kappa shape index (κ1) is 12.1. The summed E-state index contributed by atoms with van der Waals surface area (Å²) in [5.74, 6) is 6.89. The second kappa shape index (κ2) is 4.03. The van der Waals surface area contributed by atoms with Crippen LogP contribution in [0, 0.1) is 5.82 Å². The van der Waals surface area contributed by atoms with Crippen LogP contribution in [-0.4, -0.2) is 18.3 Å². The number of hydrogen-bond acceptors (Lipinski definition) is 2. The topological polar surface area (TPSA) is 12.9 Å². The van der Waals surface area contributed by atoms with Crippen LogP contribution < -0.4 is 4.40 Å². The third-order valence-corrected chi connectivity index (χ3v) is 8.43. The minimum absolute atomic E-state index is 0.178. The Labute approximate surface area is 112 Å². The monoisotopic (exact) mass is 321 g/mol. The molecule has 0 aliphatic rings. The summed E-state index contributed by atoms with van der Waals surface area (Å²) in [6.45, 7) is 0. The number of nitrogens with zero attached hydrogens (tertiary/aromatic N) is 1. The van der Waals surface area contributed by atoms with Crippen molar-refractivity contribution >= 4 is 49.3 Å². The van der Waals surface area contributed by atoms with Crippen LogP contribution in [0.3, 0.4) is 0 Å². The average molecular weight is 320 g/mol. The molecule has 0 radical (unpaired) electrons. The Morgan fingerprint density at radius 2 is 1.89 bits per heavy atom. The zero-order chi connectivity index (χ0) is 12.9. The Morgan fingerprint density at radius 1 is 1.11 bits per heavy atom. The standard InChI is InChI=1S/C14H14FGeNS/c1-16(2,3)10-7-13-14(17-8-10)11-5-4-9(15)6-12(11)18-13/h4-8H,1-3H3. The van der Waals surface area contributed by atoms with E-state index in [0.29, 0.717) is 0 Å². The van der Waals surface area contributed by atoms with Gasteiger partial charge in [-0.15, -0.1) is 0 Å². The fraction of sp³-hybridized carbons (Fsp3) is 0.214. The van der Waals surface area contributed by atoms with Crippen molar-refractivity contribution in [3.8, 4) is 0 Å². The quantitative estimate of drug-likeness (QED) is 0.614. The SMILES string of the molecule is [CH3][Ge]([CH3])([CH3])[c]1cnc2c(c1)sc1cc(F)ccc12. The molecule has 0 unspecified atom stereocenters. The second-order valence-electron chi connectivity index (χ2n) is 5.56. The van der Waals surface area contributed by atoms with Gasteiger partial charge in [-0.05, 0) is 0 Å². The van der Waals surface area contributed by atoms with Crippen molar-refractivity contribution in [2.45, 2.75) is 17.3 Å². The Morgan fingerprint density at radius 3 is 2.61 bits per heavy atom. The summed E-state index contributed by atoms with van der Waals surface area (Å²) in [5.41, 5.74) is 1.01. The summed E-state index contributed by atoms with van der Waals surface area (Å²) in [7, 11) is 0. The molecule has 3 aromatic rings. The van der Waals surface area contributed by atoms with Crippen molar-refractivity contribution in [2.75, 3.05) is 0 Å². The Kier molecular flexibility index (Phi) is 2.71. The van der Waals surface area contributed by atoms with Crippen molar-refractivity contribution in [1.82, 2.24) is 4.98 Å². The van der Waals surface area contributed by atoms with Crippen LogP contribution >= 0.6 is 11.3 Å². The molecule has 0 saturated carbocycles. The van der Waals surface area contributed by atoms with E-state index >= 15 is 0 Å². The van der Waals surface area contributed by atoms with Gasteiger partial charge in [-0.1, -0.05) is 0 Å². The predicted octanol–water partition coefficient (Wildman–Crippen LogP) is 4.13. The Hall–Kier alpha value is -0.937. The van der Waals surface area contributed by atoms with Crippen LogP contribution in [0.25, 0.3) is 20.3 Å². The van der Waals surface area contributed by atoms with Crippen molar-refractivity contribution in [2.24, 2.45) is 0 Å². The number of pyridine rings is 1. The van der Waals surface area contributed by atoms with Crippen LogP contribution in [0.2, 0.25) is 17.3 Å². The number of aromatic nitrogens is 1. The van der Waals surface area contributed by atoms with Crippen molar-refractivity contribution in [1.29, 1.82) is 0 Å². The molecule has 2 aromatic heterocycles. The molecule has 18 heavy (non-hydrogen) atoms. The molecule has 0 bridgehead atoms. The van der Waals surface area contributed by atoms with Gasteiger partial charge in [-0.25, -0.2) is 0 Å². The van der Waals surface area contributed by atoms with Gasteiger partial charge in [-0.2, -0.15) is 0 Å². The predicted molar refractivity (Wildman–Crippen MR) is 80.1 cm³/mol. The molecule has 4 heteroatoms.